The van der Waals surface area contributed by atoms with Crippen LogP contribution in [0.3, 0.4) is 0 Å². The van der Waals surface area contributed by atoms with Crippen molar-refractivity contribution in [3.05, 3.63) is 24.5 Å². The van der Waals surface area contributed by atoms with E-state index in [9.17, 15) is 9.59 Å². The van der Waals surface area contributed by atoms with Crippen molar-refractivity contribution >= 4 is 23.6 Å². The smallest absolute Gasteiger partial charge is 0.407 e. The monoisotopic (exact) mass is 378 g/mol. The molecule has 0 saturated heterocycles. The number of rotatable bonds is 8. The van der Waals surface area contributed by atoms with Crippen molar-refractivity contribution in [2.45, 2.75) is 39.7 Å². The predicted molar refractivity (Wildman–Crippen MR) is 106 cm³/mol. The lowest BCUT2D eigenvalue weighted by atomic mass is 10.2. The zero-order valence-corrected chi connectivity index (χ0v) is 16.5. The fourth-order valence-electron chi connectivity index (χ4n) is 1.93. The number of carbonyl (C=O) groups excluding carboxylic acids is 2. The lowest BCUT2D eigenvalue weighted by Crippen LogP contribution is -2.39. The molecule has 0 aromatic carbocycles. The molecule has 0 unspecified atom stereocenters. The molecule has 9 heteroatoms. The van der Waals surface area contributed by atoms with Crippen molar-refractivity contribution in [1.29, 1.82) is 0 Å². The van der Waals surface area contributed by atoms with Gasteiger partial charge in [0, 0.05) is 25.8 Å². The van der Waals surface area contributed by atoms with Crippen molar-refractivity contribution in [2.75, 3.05) is 31.5 Å². The molecule has 1 rings (SSSR count). The maximum absolute atomic E-state index is 11.9. The highest BCUT2D eigenvalue weighted by Gasteiger charge is 2.15. The summed E-state index contributed by atoms with van der Waals surface area (Å²) in [5, 5.41) is 11.6. The van der Waals surface area contributed by atoms with E-state index in [4.69, 9.17) is 4.74 Å². The van der Waals surface area contributed by atoms with E-state index in [1.54, 1.807) is 24.5 Å². The first kappa shape index (κ1) is 22.2. The van der Waals surface area contributed by atoms with Gasteiger partial charge in [0.1, 0.15) is 12.1 Å². The van der Waals surface area contributed by atoms with Gasteiger partial charge in [-0.25, -0.2) is 9.79 Å². The number of nitrogens with one attached hydrogen (secondary N) is 4. The molecule has 1 aromatic heterocycles. The number of hydrogen-bond acceptors (Lipinski definition) is 5. The van der Waals surface area contributed by atoms with Crippen molar-refractivity contribution in [2.24, 2.45) is 4.99 Å². The first-order valence-corrected chi connectivity index (χ1v) is 8.99. The Morgan fingerprint density at radius 3 is 2.56 bits per heavy atom. The molecule has 0 atom stereocenters. The van der Waals surface area contributed by atoms with Gasteiger partial charge in [0.25, 0.3) is 0 Å². The topological polar surface area (TPSA) is 117 Å². The number of aromatic nitrogens is 1. The normalized spacial score (nSPS) is 11.5. The van der Waals surface area contributed by atoms with Crippen molar-refractivity contribution in [1.82, 2.24) is 20.9 Å². The van der Waals surface area contributed by atoms with E-state index in [0.717, 1.165) is 0 Å². The van der Waals surface area contributed by atoms with Crippen LogP contribution in [-0.2, 0) is 9.53 Å². The number of carbonyl (C=O) groups is 2. The standard InChI is InChI=1S/C18H30N6O3/c1-5-20-16(21-10-7-11-22-17(26)27-18(2,3)4)23-13-15(25)24-14-8-6-9-19-12-14/h6,8-9,12H,5,7,10-11,13H2,1-4H3,(H,22,26)(H,24,25)(H2,20,21,23). The molecule has 0 bridgehead atoms. The predicted octanol–water partition coefficient (Wildman–Crippen LogP) is 1.49. The maximum atomic E-state index is 11.9. The van der Waals surface area contributed by atoms with Crippen LogP contribution < -0.4 is 21.3 Å². The number of nitrogens with zero attached hydrogens (tertiary/aromatic N) is 2. The number of alkyl carbamates (subject to hydrolysis) is 1. The molecule has 0 aliphatic carbocycles. The molecule has 150 valence electrons. The number of ether oxygens (including phenoxy) is 1. The van der Waals surface area contributed by atoms with Crippen LogP contribution in [0.15, 0.2) is 29.5 Å². The number of aliphatic imine (C=N–C) groups is 1. The van der Waals surface area contributed by atoms with Gasteiger partial charge in [-0.1, -0.05) is 0 Å². The van der Waals surface area contributed by atoms with Crippen molar-refractivity contribution < 1.29 is 14.3 Å². The fourth-order valence-corrected chi connectivity index (χ4v) is 1.93. The number of pyridine rings is 1. The summed E-state index contributed by atoms with van der Waals surface area (Å²) in [6, 6.07) is 3.51. The van der Waals surface area contributed by atoms with Crippen LogP contribution in [0.4, 0.5) is 10.5 Å². The third-order valence-corrected chi connectivity index (χ3v) is 2.98. The van der Waals surface area contributed by atoms with E-state index in [0.29, 0.717) is 37.7 Å². The second-order valence-electron chi connectivity index (χ2n) is 6.69. The van der Waals surface area contributed by atoms with Crippen LogP contribution in [0.5, 0.6) is 0 Å². The molecule has 0 aliphatic heterocycles. The van der Waals surface area contributed by atoms with Gasteiger partial charge in [0.05, 0.1) is 11.9 Å². The van der Waals surface area contributed by atoms with E-state index in [2.05, 4.69) is 31.2 Å². The van der Waals surface area contributed by atoms with E-state index >= 15 is 0 Å². The molecule has 0 radical (unpaired) electrons. The third kappa shape index (κ3) is 11.4. The second-order valence-corrected chi connectivity index (χ2v) is 6.69. The molecule has 9 nitrogen and oxygen atoms in total. The van der Waals surface area contributed by atoms with Crippen LogP contribution in [0, 0.1) is 0 Å². The highest BCUT2D eigenvalue weighted by Crippen LogP contribution is 2.06. The summed E-state index contributed by atoms with van der Waals surface area (Å²) >= 11 is 0. The Morgan fingerprint density at radius 2 is 1.93 bits per heavy atom. The third-order valence-electron chi connectivity index (χ3n) is 2.98. The van der Waals surface area contributed by atoms with Crippen LogP contribution >= 0.6 is 0 Å². The Kier molecular flexibility index (Phi) is 9.63. The average molecular weight is 378 g/mol. The van der Waals surface area contributed by atoms with Gasteiger partial charge >= 0.3 is 6.09 Å². The Bertz CT molecular complexity index is 613. The summed E-state index contributed by atoms with van der Waals surface area (Å²) < 4.78 is 5.16. The first-order chi connectivity index (χ1) is 12.8. The molecule has 4 N–H and O–H groups in total. The van der Waals surface area contributed by atoms with E-state index < -0.39 is 11.7 Å². The number of guanidine groups is 1. The minimum Gasteiger partial charge on any atom is -0.444 e. The highest BCUT2D eigenvalue weighted by atomic mass is 16.6. The van der Waals surface area contributed by atoms with Gasteiger partial charge in [-0.05, 0) is 46.2 Å². The Hall–Kier alpha value is -2.84. The molecule has 2 amide bonds. The molecular weight excluding hydrogens is 348 g/mol. The Balaban J connectivity index is 2.30. The molecule has 0 aliphatic rings. The van der Waals surface area contributed by atoms with Gasteiger partial charge in [0.2, 0.25) is 5.91 Å². The lowest BCUT2D eigenvalue weighted by molar-refractivity contribution is -0.114. The van der Waals surface area contributed by atoms with Gasteiger partial charge < -0.3 is 26.0 Å². The molecule has 1 heterocycles. The van der Waals surface area contributed by atoms with E-state index in [1.165, 1.54) is 0 Å². The Labute approximate surface area is 160 Å². The summed E-state index contributed by atoms with van der Waals surface area (Å²) in [6.45, 7) is 9.12. The Morgan fingerprint density at radius 1 is 1.19 bits per heavy atom. The number of anilines is 1. The highest BCUT2D eigenvalue weighted by molar-refractivity contribution is 5.93. The summed E-state index contributed by atoms with van der Waals surface area (Å²) in [5.41, 5.74) is 0.118. The lowest BCUT2D eigenvalue weighted by Gasteiger charge is -2.19. The zero-order valence-electron chi connectivity index (χ0n) is 16.5. The summed E-state index contributed by atoms with van der Waals surface area (Å²) in [7, 11) is 0. The zero-order chi connectivity index (χ0) is 20.1. The van der Waals surface area contributed by atoms with Crippen molar-refractivity contribution in [3.63, 3.8) is 0 Å². The quantitative estimate of drug-likeness (QED) is 0.309. The first-order valence-electron chi connectivity index (χ1n) is 8.99. The van der Waals surface area contributed by atoms with E-state index in [-0.39, 0.29) is 12.5 Å². The molecule has 0 fully saturated rings. The van der Waals surface area contributed by atoms with Crippen LogP contribution in [0.25, 0.3) is 0 Å². The maximum Gasteiger partial charge on any atom is 0.407 e. The minimum atomic E-state index is -0.510. The van der Waals surface area contributed by atoms with Gasteiger partial charge in [-0.3, -0.25) is 9.78 Å². The molecule has 1 aromatic rings. The second kappa shape index (κ2) is 11.7. The summed E-state index contributed by atoms with van der Waals surface area (Å²) in [5.74, 6) is 0.308. The van der Waals surface area contributed by atoms with Gasteiger partial charge in [0.15, 0.2) is 5.96 Å². The van der Waals surface area contributed by atoms with Crippen LogP contribution in [0.1, 0.15) is 34.1 Å². The van der Waals surface area contributed by atoms with Crippen LogP contribution in [0.2, 0.25) is 0 Å². The minimum absolute atomic E-state index is 0.0135. The number of hydrogen-bond donors (Lipinski definition) is 4. The SMILES string of the molecule is CCNC(=NCC(=O)Nc1cccnc1)NCCCNC(=O)OC(C)(C)C. The van der Waals surface area contributed by atoms with Gasteiger partial charge in [-0.2, -0.15) is 0 Å². The van der Waals surface area contributed by atoms with Crippen LogP contribution in [-0.4, -0.2) is 54.7 Å². The molecule has 0 saturated carbocycles. The fraction of sp³-hybridized carbons (Fsp3) is 0.556. The molecule has 27 heavy (non-hydrogen) atoms. The van der Waals surface area contributed by atoms with E-state index in [1.807, 2.05) is 27.7 Å². The van der Waals surface area contributed by atoms with Gasteiger partial charge in [-0.15, -0.1) is 0 Å². The van der Waals surface area contributed by atoms with Crippen molar-refractivity contribution in [3.8, 4) is 0 Å². The molecular formula is C18H30N6O3. The number of amides is 2. The summed E-state index contributed by atoms with van der Waals surface area (Å²) in [4.78, 5) is 31.6. The summed E-state index contributed by atoms with van der Waals surface area (Å²) in [6.07, 6.45) is 3.46. The largest absolute Gasteiger partial charge is 0.444 e. The molecule has 0 spiro atoms. The average Bonchev–Trinajstić information content (AvgIpc) is 2.58.